The molecule has 0 rings (SSSR count). The molecule has 17 heteroatoms. The molecule has 26 heavy (non-hydrogen) atoms. The molecule has 0 aliphatic carbocycles. The average molecular weight is 470 g/mol. The number of alkyl halides is 3. The number of aliphatic hydroxyl groups is 6. The number of carbonyl (C=O) groups excluding carboxylic acids is 3. The number of hydrogen-bond donors (Lipinski definition) is 6. The first-order valence-corrected chi connectivity index (χ1v) is 6.36. The van der Waals surface area contributed by atoms with Gasteiger partial charge in [0.05, 0.1) is 37.7 Å². The predicted molar refractivity (Wildman–Crippen MR) is 75.6 cm³/mol. The molecule has 0 aromatic heterocycles. The van der Waals surface area contributed by atoms with E-state index in [1.165, 1.54) is 0 Å². The van der Waals surface area contributed by atoms with Crippen LogP contribution in [0.2, 0.25) is 0 Å². The third-order valence-corrected chi connectivity index (χ3v) is 2.39. The van der Waals surface area contributed by atoms with Gasteiger partial charge in [-0.15, -0.1) is 0 Å². The standard InChI is InChI=1S/3C3H5ClO4.Al.Na.H/c3*4-3(8,1-5)2(6)7;;;/h3*5,8H,1H2,(H,6,7);;;/q;;;+3;+1;-1/p-3. The molecular weight excluding hydrogens is 456 g/mol. The van der Waals surface area contributed by atoms with Gasteiger partial charge in [-0.3, -0.25) is 0 Å². The Balaban J connectivity index is -0.0000000580. The fourth-order valence-corrected chi connectivity index (χ4v) is 0.194. The Morgan fingerprint density at radius 3 is 0.808 bits per heavy atom. The molecule has 0 fully saturated rings. The van der Waals surface area contributed by atoms with Crippen LogP contribution in [0.3, 0.4) is 0 Å². The molecule has 0 aromatic rings. The van der Waals surface area contributed by atoms with E-state index in [0.29, 0.717) is 0 Å². The van der Waals surface area contributed by atoms with Crippen molar-refractivity contribution in [2.75, 3.05) is 19.8 Å². The number of aliphatic carboxylic acids is 3. The van der Waals surface area contributed by atoms with Gasteiger partial charge in [0.2, 0.25) is 15.2 Å². The summed E-state index contributed by atoms with van der Waals surface area (Å²) < 4.78 is 0. The molecule has 0 aromatic carbocycles. The van der Waals surface area contributed by atoms with Gasteiger partial charge in [-0.1, -0.05) is 34.8 Å². The SMILES string of the molecule is O=C([O-])C(O)(Cl)CO.O=C([O-])C(O)(Cl)CO.O=C([O-])C(O)(Cl)CO.[Al+3].[H-].[Na+]. The predicted octanol–water partition coefficient (Wildman–Crippen LogP) is -10.3. The second-order valence-corrected chi connectivity index (χ2v) is 5.49. The molecule has 0 saturated carbocycles. The van der Waals surface area contributed by atoms with Crippen LogP contribution in [0.15, 0.2) is 0 Å². The van der Waals surface area contributed by atoms with Gasteiger partial charge in [0.1, 0.15) is 0 Å². The van der Waals surface area contributed by atoms with Crippen LogP contribution < -0.4 is 44.9 Å². The van der Waals surface area contributed by atoms with Crippen molar-refractivity contribution in [3.8, 4) is 0 Å². The van der Waals surface area contributed by atoms with Crippen molar-refractivity contribution in [1.82, 2.24) is 0 Å². The fraction of sp³-hybridized carbons (Fsp3) is 0.667. The number of hydrogen-bond acceptors (Lipinski definition) is 12. The minimum atomic E-state index is -2.62. The Kier molecular flexibility index (Phi) is 23.7. The summed E-state index contributed by atoms with van der Waals surface area (Å²) in [5.41, 5.74) is 0. The topological polar surface area (TPSA) is 242 Å². The van der Waals surface area contributed by atoms with Crippen molar-refractivity contribution in [3.05, 3.63) is 0 Å². The van der Waals surface area contributed by atoms with Gasteiger partial charge < -0.3 is 61.8 Å². The summed E-state index contributed by atoms with van der Waals surface area (Å²) in [7, 11) is 0. The number of carboxylic acids is 3. The summed E-state index contributed by atoms with van der Waals surface area (Å²) >= 11 is 14.1. The van der Waals surface area contributed by atoms with Gasteiger partial charge in [-0.25, -0.2) is 0 Å². The van der Waals surface area contributed by atoms with E-state index in [0.717, 1.165) is 0 Å². The molecule has 0 saturated heterocycles. The van der Waals surface area contributed by atoms with Crippen molar-refractivity contribution < 1.29 is 91.3 Å². The molecule has 3 atom stereocenters. The molecule has 3 unspecified atom stereocenters. The normalized spacial score (nSPS) is 16.0. The van der Waals surface area contributed by atoms with E-state index in [9.17, 15) is 29.7 Å². The van der Waals surface area contributed by atoms with Crippen LogP contribution in [-0.2, 0) is 14.4 Å². The van der Waals surface area contributed by atoms with Gasteiger partial charge in [0.25, 0.3) is 0 Å². The summed E-state index contributed by atoms with van der Waals surface area (Å²) in [6.07, 6.45) is 0. The Morgan fingerprint density at radius 1 is 0.692 bits per heavy atom. The van der Waals surface area contributed by atoms with Crippen molar-refractivity contribution in [1.29, 1.82) is 0 Å². The molecule has 0 amide bonds. The largest absolute Gasteiger partial charge is 3.00 e. The molecule has 0 aliphatic rings. The Morgan fingerprint density at radius 2 is 0.808 bits per heavy atom. The van der Waals surface area contributed by atoms with Crippen LogP contribution in [0.1, 0.15) is 1.43 Å². The molecule has 12 nitrogen and oxygen atoms in total. The zero-order valence-electron chi connectivity index (χ0n) is 14.0. The molecular formula is C9H13AlCl3NaO12. The van der Waals surface area contributed by atoms with Crippen LogP contribution in [0, 0.1) is 0 Å². The second kappa shape index (κ2) is 16.5. The van der Waals surface area contributed by atoms with Crippen molar-refractivity contribution in [2.24, 2.45) is 0 Å². The van der Waals surface area contributed by atoms with Crippen molar-refractivity contribution >= 4 is 70.1 Å². The first kappa shape index (κ1) is 37.3. The van der Waals surface area contributed by atoms with E-state index >= 15 is 0 Å². The number of halogens is 3. The molecule has 0 aliphatic heterocycles. The fourth-order valence-electron chi connectivity index (χ4n) is 0.194. The van der Waals surface area contributed by atoms with E-state index in [1.807, 2.05) is 0 Å². The monoisotopic (exact) mass is 468 g/mol. The smallest absolute Gasteiger partial charge is 1.00 e. The van der Waals surface area contributed by atoms with Crippen LogP contribution in [-0.4, -0.2) is 101 Å². The molecule has 0 bridgehead atoms. The van der Waals surface area contributed by atoms with Gasteiger partial charge in [-0.2, -0.15) is 0 Å². The number of aliphatic hydroxyl groups excluding tert-OH is 3. The minimum Gasteiger partial charge on any atom is -1.00 e. The zero-order valence-corrected chi connectivity index (χ0v) is 18.4. The molecule has 0 spiro atoms. The van der Waals surface area contributed by atoms with Crippen molar-refractivity contribution in [3.63, 3.8) is 0 Å². The van der Waals surface area contributed by atoms with Crippen LogP contribution >= 0.6 is 34.8 Å². The summed E-state index contributed by atoms with van der Waals surface area (Å²) in [6, 6.07) is 0. The first-order valence-electron chi connectivity index (χ1n) is 5.22. The van der Waals surface area contributed by atoms with Crippen molar-refractivity contribution in [2.45, 2.75) is 15.2 Å². The Bertz CT molecular complexity index is 379. The maximum absolute atomic E-state index is 9.60. The van der Waals surface area contributed by atoms with Gasteiger partial charge in [-0.05, 0) is 0 Å². The molecule has 0 radical (unpaired) electrons. The molecule has 6 N–H and O–H groups in total. The van der Waals surface area contributed by atoms with Crippen LogP contribution in [0.4, 0.5) is 0 Å². The summed E-state index contributed by atoms with van der Waals surface area (Å²) in [4.78, 5) is 28.8. The average Bonchev–Trinajstić information content (AvgIpc) is 2.47. The summed E-state index contributed by atoms with van der Waals surface area (Å²) in [5.74, 6) is -5.70. The Hall–Kier alpha value is 0.572. The number of carboxylic acid groups (broad SMARTS) is 3. The van der Waals surface area contributed by atoms with E-state index in [-0.39, 0.29) is 48.3 Å². The van der Waals surface area contributed by atoms with Crippen LogP contribution in [0.5, 0.6) is 0 Å². The maximum Gasteiger partial charge on any atom is 3.00 e. The van der Waals surface area contributed by atoms with E-state index in [1.54, 1.807) is 0 Å². The van der Waals surface area contributed by atoms with E-state index in [2.05, 4.69) is 0 Å². The minimum absolute atomic E-state index is 0. The number of rotatable bonds is 6. The summed E-state index contributed by atoms with van der Waals surface area (Å²) in [6.45, 7) is -3.18. The van der Waals surface area contributed by atoms with Gasteiger partial charge >= 0.3 is 46.9 Å². The maximum atomic E-state index is 9.60. The first-order chi connectivity index (χ1) is 10.5. The van der Waals surface area contributed by atoms with Crippen LogP contribution in [0.25, 0.3) is 0 Å². The molecule has 0 heterocycles. The number of carbonyl (C=O) groups is 3. The zero-order chi connectivity index (χ0) is 20.4. The van der Waals surface area contributed by atoms with E-state index < -0.39 is 52.9 Å². The third kappa shape index (κ3) is 18.0. The second-order valence-electron chi connectivity index (χ2n) is 3.61. The van der Waals surface area contributed by atoms with Gasteiger partial charge in [0, 0.05) is 0 Å². The third-order valence-electron chi connectivity index (χ3n) is 1.57. The van der Waals surface area contributed by atoms with E-state index in [4.69, 9.17) is 65.4 Å². The quantitative estimate of drug-likeness (QED) is 0.157. The van der Waals surface area contributed by atoms with Gasteiger partial charge in [0.15, 0.2) is 0 Å². The Labute approximate surface area is 195 Å². The summed E-state index contributed by atoms with van der Waals surface area (Å²) in [5, 5.41) is 69.6. The molecule has 146 valence electrons.